The van der Waals surface area contributed by atoms with Crippen LogP contribution in [0, 0.1) is 0 Å². The maximum absolute atomic E-state index is 9.88. The summed E-state index contributed by atoms with van der Waals surface area (Å²) in [5.74, 6) is 0.711. The number of benzene rings is 2. The topological polar surface area (TPSA) is 57.2 Å². The van der Waals surface area contributed by atoms with E-state index in [-0.39, 0.29) is 6.79 Å². The summed E-state index contributed by atoms with van der Waals surface area (Å²) in [4.78, 5) is 0. The Kier molecular flexibility index (Phi) is 11.6. The van der Waals surface area contributed by atoms with Crippen molar-refractivity contribution < 1.29 is 24.1 Å². The van der Waals surface area contributed by atoms with E-state index >= 15 is 0 Å². The van der Waals surface area contributed by atoms with Crippen molar-refractivity contribution in [3.8, 4) is 5.75 Å². The predicted octanol–water partition coefficient (Wildman–Crippen LogP) is 6.40. The Bertz CT molecular complexity index is 854. The lowest BCUT2D eigenvalue weighted by Gasteiger charge is -2.17. The van der Waals surface area contributed by atoms with Gasteiger partial charge >= 0.3 is 0 Å². The first-order valence-electron chi connectivity index (χ1n) is 11.8. The molecule has 2 aromatic carbocycles. The molecule has 33 heavy (non-hydrogen) atoms. The highest BCUT2D eigenvalue weighted by atomic mass is 16.7. The summed E-state index contributed by atoms with van der Waals surface area (Å²) in [5, 5.41) is 9.88. The summed E-state index contributed by atoms with van der Waals surface area (Å²) < 4.78 is 22.3. The Morgan fingerprint density at radius 1 is 0.970 bits per heavy atom. The number of ether oxygens (including phenoxy) is 4. The quantitative estimate of drug-likeness (QED) is 0.191. The number of methoxy groups -OCH3 is 1. The average molecular weight is 457 g/mol. The van der Waals surface area contributed by atoms with Crippen LogP contribution in [-0.2, 0) is 20.6 Å². The van der Waals surface area contributed by atoms with Gasteiger partial charge in [-0.2, -0.15) is 0 Å². The van der Waals surface area contributed by atoms with Crippen LogP contribution in [0.2, 0.25) is 0 Å². The van der Waals surface area contributed by atoms with Crippen molar-refractivity contribution in [3.63, 3.8) is 0 Å². The van der Waals surface area contributed by atoms with E-state index in [1.165, 1.54) is 5.56 Å². The predicted molar refractivity (Wildman–Crippen MR) is 134 cm³/mol. The summed E-state index contributed by atoms with van der Waals surface area (Å²) >= 11 is 0. The van der Waals surface area contributed by atoms with Crippen LogP contribution in [0.4, 0.5) is 0 Å². The second kappa shape index (κ2) is 14.2. The number of aryl methyl sites for hydroxylation is 1. The monoisotopic (exact) mass is 456 g/mol. The summed E-state index contributed by atoms with van der Waals surface area (Å²) in [7, 11) is 1.64. The molecule has 0 fully saturated rings. The van der Waals surface area contributed by atoms with Gasteiger partial charge < -0.3 is 24.1 Å². The molecule has 0 aromatic heterocycles. The van der Waals surface area contributed by atoms with Crippen LogP contribution in [0.1, 0.15) is 75.5 Å². The fourth-order valence-corrected chi connectivity index (χ4v) is 3.54. The van der Waals surface area contributed by atoms with E-state index in [0.29, 0.717) is 19.0 Å². The van der Waals surface area contributed by atoms with Crippen LogP contribution >= 0.6 is 0 Å². The number of unbranched alkanes of at least 4 members (excludes halogenated alkanes) is 1. The third-order valence-corrected chi connectivity index (χ3v) is 5.19. The zero-order valence-corrected chi connectivity index (χ0v) is 20.8. The van der Waals surface area contributed by atoms with Crippen LogP contribution in [0.15, 0.2) is 42.5 Å². The van der Waals surface area contributed by atoms with Gasteiger partial charge in [-0.3, -0.25) is 0 Å². The molecule has 5 nitrogen and oxygen atoms in total. The van der Waals surface area contributed by atoms with Crippen molar-refractivity contribution in [1.82, 2.24) is 0 Å². The Balaban J connectivity index is 2.13. The van der Waals surface area contributed by atoms with Gasteiger partial charge in [0, 0.05) is 25.9 Å². The van der Waals surface area contributed by atoms with Crippen molar-refractivity contribution in [2.45, 2.75) is 65.3 Å². The Morgan fingerprint density at radius 2 is 1.76 bits per heavy atom. The molecule has 2 aromatic rings. The van der Waals surface area contributed by atoms with Crippen LogP contribution in [0.25, 0.3) is 12.2 Å². The lowest BCUT2D eigenvalue weighted by atomic mass is 9.98. The van der Waals surface area contributed by atoms with Gasteiger partial charge in [-0.15, -0.1) is 0 Å². The molecule has 0 heterocycles. The molecule has 0 spiro atoms. The maximum atomic E-state index is 9.88. The molecule has 2 rings (SSSR count). The Morgan fingerprint density at radius 3 is 2.45 bits per heavy atom. The molecule has 0 aliphatic carbocycles. The molecular weight excluding hydrogens is 416 g/mol. The van der Waals surface area contributed by atoms with Crippen molar-refractivity contribution in [2.24, 2.45) is 0 Å². The molecule has 1 unspecified atom stereocenters. The number of rotatable bonds is 15. The van der Waals surface area contributed by atoms with Crippen molar-refractivity contribution >= 4 is 12.2 Å². The summed E-state index contributed by atoms with van der Waals surface area (Å²) in [6.45, 7) is 8.96. The maximum Gasteiger partial charge on any atom is 0.189 e. The van der Waals surface area contributed by atoms with E-state index in [0.717, 1.165) is 42.4 Å². The molecule has 0 bridgehead atoms. The van der Waals surface area contributed by atoms with Crippen LogP contribution in [0.3, 0.4) is 0 Å². The first-order chi connectivity index (χ1) is 15.8. The van der Waals surface area contributed by atoms with Crippen LogP contribution in [-0.4, -0.2) is 37.8 Å². The van der Waals surface area contributed by atoms with E-state index < -0.39 is 11.9 Å². The SMILES string of the molecule is CCOCOc1cc(C=Cc2cccc(CCCCC(C)(C)O)c2)cc(C(OC)OCC)c1. The molecule has 0 saturated heterocycles. The Hall–Kier alpha value is -2.18. The third-order valence-electron chi connectivity index (χ3n) is 5.19. The second-order valence-corrected chi connectivity index (χ2v) is 8.71. The molecule has 5 heteroatoms. The van der Waals surface area contributed by atoms with Gasteiger partial charge in [-0.25, -0.2) is 0 Å². The fraction of sp³-hybridized carbons (Fsp3) is 0.500. The zero-order chi connectivity index (χ0) is 24.1. The van der Waals surface area contributed by atoms with E-state index in [1.807, 2.05) is 45.9 Å². The van der Waals surface area contributed by atoms with Gasteiger partial charge in [-0.1, -0.05) is 42.8 Å². The normalized spacial score (nSPS) is 12.9. The summed E-state index contributed by atoms with van der Waals surface area (Å²) in [6.07, 6.45) is 7.63. The van der Waals surface area contributed by atoms with Gasteiger partial charge in [0.15, 0.2) is 13.1 Å². The summed E-state index contributed by atoms with van der Waals surface area (Å²) in [5.41, 5.74) is 3.75. The lowest BCUT2D eigenvalue weighted by molar-refractivity contribution is -0.124. The van der Waals surface area contributed by atoms with Gasteiger partial charge in [0.1, 0.15) is 5.75 Å². The minimum absolute atomic E-state index is 0.199. The highest BCUT2D eigenvalue weighted by Crippen LogP contribution is 2.26. The van der Waals surface area contributed by atoms with E-state index in [4.69, 9.17) is 18.9 Å². The minimum atomic E-state index is -0.589. The Labute approximate surface area is 199 Å². The zero-order valence-electron chi connectivity index (χ0n) is 20.8. The number of hydrogen-bond acceptors (Lipinski definition) is 5. The second-order valence-electron chi connectivity index (χ2n) is 8.71. The van der Waals surface area contributed by atoms with Gasteiger partial charge in [-0.05, 0) is 81.8 Å². The van der Waals surface area contributed by atoms with Crippen LogP contribution < -0.4 is 4.74 Å². The first-order valence-corrected chi connectivity index (χ1v) is 11.8. The van der Waals surface area contributed by atoms with Crippen LogP contribution in [0.5, 0.6) is 5.75 Å². The highest BCUT2D eigenvalue weighted by Gasteiger charge is 2.13. The molecule has 0 radical (unpaired) electrons. The molecule has 0 saturated carbocycles. The lowest BCUT2D eigenvalue weighted by Crippen LogP contribution is -2.17. The number of hydrogen-bond donors (Lipinski definition) is 1. The summed E-state index contributed by atoms with van der Waals surface area (Å²) in [6, 6.07) is 14.5. The largest absolute Gasteiger partial charge is 0.468 e. The smallest absolute Gasteiger partial charge is 0.189 e. The highest BCUT2D eigenvalue weighted by molar-refractivity contribution is 5.71. The third kappa shape index (κ3) is 10.5. The molecule has 0 amide bonds. The molecular formula is C28H40O5. The standard InChI is InChI=1S/C28H40O5/c1-6-31-21-33-26-19-24(18-25(20-26)27(30-5)32-7-2)15-14-23-13-10-12-22(17-23)11-8-9-16-28(3,4)29/h10,12-15,17-20,27,29H,6-9,11,16,21H2,1-5H3. The number of aliphatic hydroxyl groups is 1. The van der Waals surface area contributed by atoms with E-state index in [2.05, 4.69) is 36.4 Å². The van der Waals surface area contributed by atoms with E-state index in [9.17, 15) is 5.11 Å². The van der Waals surface area contributed by atoms with Crippen molar-refractivity contribution in [2.75, 3.05) is 27.1 Å². The molecule has 1 N–H and O–H groups in total. The average Bonchev–Trinajstić information content (AvgIpc) is 2.79. The molecule has 1 atom stereocenters. The fourth-order valence-electron chi connectivity index (χ4n) is 3.54. The molecule has 0 aliphatic rings. The van der Waals surface area contributed by atoms with E-state index in [1.54, 1.807) is 7.11 Å². The molecule has 182 valence electrons. The minimum Gasteiger partial charge on any atom is -0.468 e. The van der Waals surface area contributed by atoms with Crippen molar-refractivity contribution in [1.29, 1.82) is 0 Å². The van der Waals surface area contributed by atoms with Crippen molar-refractivity contribution in [3.05, 3.63) is 64.7 Å². The molecule has 0 aliphatic heterocycles. The van der Waals surface area contributed by atoms with Gasteiger partial charge in [0.2, 0.25) is 0 Å². The first kappa shape index (κ1) is 27.1. The van der Waals surface area contributed by atoms with Gasteiger partial charge in [0.05, 0.1) is 5.60 Å². The van der Waals surface area contributed by atoms with Gasteiger partial charge in [0.25, 0.3) is 0 Å².